The molecule has 2 nitrogen and oxygen atoms in total. The molecule has 3 aromatic carbocycles. The minimum absolute atomic E-state index is 0.518. The number of aromatic nitrogens is 1. The zero-order chi connectivity index (χ0) is 17.9. The van der Waals surface area contributed by atoms with Gasteiger partial charge in [-0.3, -0.25) is 0 Å². The van der Waals surface area contributed by atoms with Crippen LogP contribution in [-0.4, -0.2) is 4.98 Å². The Labute approximate surface area is 166 Å². The largest absolute Gasteiger partial charge is 0.331 e. The lowest BCUT2D eigenvalue weighted by molar-refractivity contribution is 1.38. The second kappa shape index (κ2) is 7.50. The topological polar surface area (TPSA) is 24.9 Å². The summed E-state index contributed by atoms with van der Waals surface area (Å²) in [7, 11) is 0. The lowest BCUT2D eigenvalue weighted by Crippen LogP contribution is -1.89. The maximum Gasteiger partial charge on any atom is 0.187 e. The standard InChI is InChI=1S/C21H14Cl2N2S/c22-18-11-10-17(12-19(18)23)24-21-25-20(13-26-21)16-8-6-15(7-9-16)14-4-2-1-3-5-14/h1-13H,(H,24,25). The fourth-order valence-electron chi connectivity index (χ4n) is 2.63. The number of hydrogen-bond acceptors (Lipinski definition) is 3. The van der Waals surface area contributed by atoms with Crippen molar-refractivity contribution >= 4 is 45.4 Å². The van der Waals surface area contributed by atoms with E-state index in [1.807, 2.05) is 29.6 Å². The first-order valence-corrected chi connectivity index (χ1v) is 9.66. The zero-order valence-corrected chi connectivity index (χ0v) is 15.9. The summed E-state index contributed by atoms with van der Waals surface area (Å²) in [6.07, 6.45) is 0. The maximum atomic E-state index is 6.06. The van der Waals surface area contributed by atoms with E-state index in [0.29, 0.717) is 10.0 Å². The Balaban J connectivity index is 1.53. The fourth-order valence-corrected chi connectivity index (χ4v) is 3.66. The van der Waals surface area contributed by atoms with Crippen LogP contribution < -0.4 is 5.32 Å². The summed E-state index contributed by atoms with van der Waals surface area (Å²) >= 11 is 13.6. The predicted octanol–water partition coefficient (Wildman–Crippen LogP) is 7.53. The molecule has 0 aliphatic rings. The second-order valence-corrected chi connectivity index (χ2v) is 7.41. The van der Waals surface area contributed by atoms with Crippen LogP contribution in [0.5, 0.6) is 0 Å². The molecule has 0 bridgehead atoms. The van der Waals surface area contributed by atoms with Gasteiger partial charge < -0.3 is 5.32 Å². The van der Waals surface area contributed by atoms with Crippen molar-refractivity contribution in [2.75, 3.05) is 5.32 Å². The van der Waals surface area contributed by atoms with Crippen molar-refractivity contribution in [2.24, 2.45) is 0 Å². The van der Waals surface area contributed by atoms with Crippen molar-refractivity contribution in [3.8, 4) is 22.4 Å². The Morgan fingerprint density at radius 3 is 2.15 bits per heavy atom. The Hall–Kier alpha value is -2.33. The number of benzene rings is 3. The van der Waals surface area contributed by atoms with Gasteiger partial charge in [0.1, 0.15) is 0 Å². The van der Waals surface area contributed by atoms with Crippen LogP contribution in [0.15, 0.2) is 78.2 Å². The molecule has 4 rings (SSSR count). The van der Waals surface area contributed by atoms with Gasteiger partial charge in [0.05, 0.1) is 15.7 Å². The van der Waals surface area contributed by atoms with Gasteiger partial charge >= 0.3 is 0 Å². The molecule has 0 fully saturated rings. The number of rotatable bonds is 4. The highest BCUT2D eigenvalue weighted by molar-refractivity contribution is 7.14. The second-order valence-electron chi connectivity index (χ2n) is 5.74. The lowest BCUT2D eigenvalue weighted by Gasteiger charge is -2.04. The van der Waals surface area contributed by atoms with E-state index in [4.69, 9.17) is 23.2 Å². The van der Waals surface area contributed by atoms with Crippen molar-refractivity contribution in [3.63, 3.8) is 0 Å². The Morgan fingerprint density at radius 1 is 0.731 bits per heavy atom. The quantitative estimate of drug-likeness (QED) is 0.385. The number of halogens is 2. The summed E-state index contributed by atoms with van der Waals surface area (Å²) in [6, 6.07) is 24.2. The SMILES string of the molecule is Clc1ccc(Nc2nc(-c3ccc(-c4ccccc4)cc3)cs2)cc1Cl. The molecule has 0 saturated heterocycles. The Bertz CT molecular complexity index is 1030. The van der Waals surface area contributed by atoms with Gasteiger partial charge in [-0.25, -0.2) is 4.98 Å². The maximum absolute atomic E-state index is 6.06. The zero-order valence-electron chi connectivity index (χ0n) is 13.6. The first-order chi connectivity index (χ1) is 12.7. The summed E-state index contributed by atoms with van der Waals surface area (Å²) in [5, 5.41) is 7.17. The molecule has 128 valence electrons. The molecule has 0 unspecified atom stereocenters. The van der Waals surface area contributed by atoms with E-state index < -0.39 is 0 Å². The van der Waals surface area contributed by atoms with Gasteiger partial charge in [0.15, 0.2) is 5.13 Å². The van der Waals surface area contributed by atoms with E-state index in [0.717, 1.165) is 22.1 Å². The highest BCUT2D eigenvalue weighted by atomic mass is 35.5. The number of anilines is 2. The van der Waals surface area contributed by atoms with E-state index in [-0.39, 0.29) is 0 Å². The molecule has 0 amide bonds. The monoisotopic (exact) mass is 396 g/mol. The van der Waals surface area contributed by atoms with Crippen LogP contribution in [0.3, 0.4) is 0 Å². The third kappa shape index (κ3) is 3.75. The van der Waals surface area contributed by atoms with Crippen molar-refractivity contribution < 1.29 is 0 Å². The fraction of sp³-hybridized carbons (Fsp3) is 0. The molecule has 1 aromatic heterocycles. The molecule has 1 heterocycles. The molecule has 0 aliphatic carbocycles. The Kier molecular flexibility index (Phi) is 4.93. The van der Waals surface area contributed by atoms with Gasteiger partial charge in [0, 0.05) is 16.6 Å². The number of hydrogen-bond donors (Lipinski definition) is 1. The normalized spacial score (nSPS) is 10.7. The molecule has 0 spiro atoms. The third-order valence-electron chi connectivity index (χ3n) is 3.96. The van der Waals surface area contributed by atoms with Gasteiger partial charge in [-0.15, -0.1) is 11.3 Å². The van der Waals surface area contributed by atoms with Crippen LogP contribution >= 0.6 is 34.5 Å². The summed E-state index contributed by atoms with van der Waals surface area (Å²) in [5.41, 5.74) is 5.29. The number of thiazole rings is 1. The lowest BCUT2D eigenvalue weighted by atomic mass is 10.0. The van der Waals surface area contributed by atoms with E-state index >= 15 is 0 Å². The number of nitrogens with one attached hydrogen (secondary N) is 1. The molecule has 0 radical (unpaired) electrons. The van der Waals surface area contributed by atoms with Crippen LogP contribution in [0, 0.1) is 0 Å². The van der Waals surface area contributed by atoms with Crippen LogP contribution in [-0.2, 0) is 0 Å². The summed E-state index contributed by atoms with van der Waals surface area (Å²) < 4.78 is 0. The first-order valence-electron chi connectivity index (χ1n) is 8.02. The van der Waals surface area contributed by atoms with Gasteiger partial charge in [0.25, 0.3) is 0 Å². The molecule has 5 heteroatoms. The minimum atomic E-state index is 0.518. The molecule has 1 N–H and O–H groups in total. The molecular weight excluding hydrogens is 383 g/mol. The molecular formula is C21H14Cl2N2S. The van der Waals surface area contributed by atoms with Crippen LogP contribution in [0.4, 0.5) is 10.8 Å². The van der Waals surface area contributed by atoms with E-state index in [1.54, 1.807) is 23.5 Å². The molecule has 0 atom stereocenters. The van der Waals surface area contributed by atoms with E-state index in [9.17, 15) is 0 Å². The van der Waals surface area contributed by atoms with Crippen LogP contribution in [0.25, 0.3) is 22.4 Å². The number of nitrogens with zero attached hydrogens (tertiary/aromatic N) is 1. The van der Waals surface area contributed by atoms with Crippen molar-refractivity contribution in [3.05, 3.63) is 88.2 Å². The van der Waals surface area contributed by atoms with Gasteiger partial charge in [-0.2, -0.15) is 0 Å². The highest BCUT2D eigenvalue weighted by Crippen LogP contribution is 2.31. The van der Waals surface area contributed by atoms with Crippen LogP contribution in [0.1, 0.15) is 0 Å². The first kappa shape index (κ1) is 17.1. The molecule has 4 aromatic rings. The average Bonchev–Trinajstić information content (AvgIpc) is 3.14. The van der Waals surface area contributed by atoms with Crippen molar-refractivity contribution in [2.45, 2.75) is 0 Å². The van der Waals surface area contributed by atoms with Gasteiger partial charge in [0.2, 0.25) is 0 Å². The molecule has 0 saturated carbocycles. The summed E-state index contributed by atoms with van der Waals surface area (Å²) in [5.74, 6) is 0. The van der Waals surface area contributed by atoms with Gasteiger partial charge in [-0.1, -0.05) is 77.8 Å². The minimum Gasteiger partial charge on any atom is -0.331 e. The Morgan fingerprint density at radius 2 is 1.42 bits per heavy atom. The van der Waals surface area contributed by atoms with E-state index in [2.05, 4.69) is 46.7 Å². The summed E-state index contributed by atoms with van der Waals surface area (Å²) in [6.45, 7) is 0. The molecule has 26 heavy (non-hydrogen) atoms. The van der Waals surface area contributed by atoms with Crippen molar-refractivity contribution in [1.29, 1.82) is 0 Å². The summed E-state index contributed by atoms with van der Waals surface area (Å²) in [4.78, 5) is 4.66. The third-order valence-corrected chi connectivity index (χ3v) is 5.46. The van der Waals surface area contributed by atoms with Crippen molar-refractivity contribution in [1.82, 2.24) is 4.98 Å². The predicted molar refractivity (Wildman–Crippen MR) is 113 cm³/mol. The smallest absolute Gasteiger partial charge is 0.187 e. The highest BCUT2D eigenvalue weighted by Gasteiger charge is 2.07. The average molecular weight is 397 g/mol. The molecule has 0 aliphatic heterocycles. The van der Waals surface area contributed by atoms with E-state index in [1.165, 1.54) is 11.1 Å². The van der Waals surface area contributed by atoms with Crippen LogP contribution in [0.2, 0.25) is 10.0 Å². The van der Waals surface area contributed by atoms with Gasteiger partial charge in [-0.05, 0) is 29.3 Å².